The van der Waals surface area contributed by atoms with Crippen molar-refractivity contribution in [3.05, 3.63) is 47.8 Å². The molecule has 0 unspecified atom stereocenters. The van der Waals surface area contributed by atoms with Crippen molar-refractivity contribution in [2.75, 3.05) is 13.1 Å². The Morgan fingerprint density at radius 1 is 1.41 bits per heavy atom. The maximum atomic E-state index is 11.0. The number of carboxylic acids is 1. The monoisotopic (exact) mass is 303 g/mol. The summed E-state index contributed by atoms with van der Waals surface area (Å²) >= 11 is 0. The number of H-pyrrole nitrogens is 1. The number of likely N-dealkylation sites (tertiary alicyclic amines) is 1. The third kappa shape index (κ3) is 3.26. The Balaban J connectivity index is 1.63. The lowest BCUT2D eigenvalue weighted by Crippen LogP contribution is -2.30. The largest absolute Gasteiger partial charge is 0.486 e. The average Bonchev–Trinajstić information content (AvgIpc) is 3.10. The van der Waals surface area contributed by atoms with Gasteiger partial charge in [0.1, 0.15) is 18.0 Å². The molecule has 0 aliphatic carbocycles. The molecule has 1 saturated heterocycles. The summed E-state index contributed by atoms with van der Waals surface area (Å²) in [7, 11) is 0. The van der Waals surface area contributed by atoms with Crippen molar-refractivity contribution in [2.45, 2.75) is 18.8 Å². The van der Waals surface area contributed by atoms with Gasteiger partial charge in [0.05, 0.1) is 5.56 Å². The number of hydrogen-bond donors (Lipinski definition) is 3. The van der Waals surface area contributed by atoms with Gasteiger partial charge in [-0.25, -0.2) is 4.79 Å². The summed E-state index contributed by atoms with van der Waals surface area (Å²) in [6.45, 7) is 1.73. The van der Waals surface area contributed by atoms with Crippen LogP contribution in [0.25, 0.3) is 0 Å². The summed E-state index contributed by atoms with van der Waals surface area (Å²) in [4.78, 5) is 13.0. The third-order valence-electron chi connectivity index (χ3n) is 3.63. The lowest BCUT2D eigenvalue weighted by molar-refractivity contribution is 0.0688. The van der Waals surface area contributed by atoms with Crippen molar-refractivity contribution in [2.24, 2.45) is 0 Å². The smallest absolute Gasteiger partial charge is 0.335 e. The molecule has 3 N–H and O–H groups in total. The second-order valence-corrected chi connectivity index (χ2v) is 5.33. The van der Waals surface area contributed by atoms with Crippen LogP contribution in [-0.2, 0) is 6.54 Å². The van der Waals surface area contributed by atoms with Gasteiger partial charge in [-0.15, -0.1) is 0 Å². The first-order chi connectivity index (χ1) is 10.6. The van der Waals surface area contributed by atoms with Crippen LogP contribution in [0, 0.1) is 0 Å². The van der Waals surface area contributed by atoms with Crippen LogP contribution in [0.15, 0.2) is 36.5 Å². The minimum atomic E-state index is -1.00. The number of aliphatic hydroxyl groups excluding tert-OH is 1. The van der Waals surface area contributed by atoms with Crippen LogP contribution in [0.2, 0.25) is 0 Å². The molecule has 1 fully saturated rings. The Morgan fingerprint density at radius 2 is 2.27 bits per heavy atom. The van der Waals surface area contributed by atoms with Gasteiger partial charge in [0, 0.05) is 31.5 Å². The summed E-state index contributed by atoms with van der Waals surface area (Å²) < 4.78 is 5.75. The van der Waals surface area contributed by atoms with Gasteiger partial charge >= 0.3 is 5.97 Å². The Morgan fingerprint density at radius 3 is 3.00 bits per heavy atom. The Bertz CT molecular complexity index is 644. The van der Waals surface area contributed by atoms with Crippen molar-refractivity contribution >= 4 is 5.97 Å². The lowest BCUT2D eigenvalue weighted by Gasteiger charge is -2.17. The second kappa shape index (κ2) is 6.17. The quantitative estimate of drug-likeness (QED) is 0.753. The van der Waals surface area contributed by atoms with E-state index in [4.69, 9.17) is 9.84 Å². The Labute approximate surface area is 127 Å². The van der Waals surface area contributed by atoms with Crippen molar-refractivity contribution in [3.8, 4) is 5.75 Å². The highest BCUT2D eigenvalue weighted by atomic mass is 16.5. The summed E-state index contributed by atoms with van der Waals surface area (Å²) in [5, 5.41) is 25.9. The van der Waals surface area contributed by atoms with E-state index >= 15 is 0 Å². The van der Waals surface area contributed by atoms with Crippen LogP contribution >= 0.6 is 0 Å². The molecule has 3 rings (SSSR count). The molecule has 1 aliphatic rings. The number of carboxylic acid groups (broad SMARTS) is 1. The summed E-state index contributed by atoms with van der Waals surface area (Å²) in [6, 6.07) is 8.17. The van der Waals surface area contributed by atoms with Crippen LogP contribution in [-0.4, -0.2) is 56.6 Å². The molecule has 7 heteroatoms. The highest BCUT2D eigenvalue weighted by molar-refractivity contribution is 5.87. The SMILES string of the molecule is O=C(O)c1cccc(O[C@@H]2CN(Cc3ccn[nH]3)C[C@H]2O)c1. The molecule has 7 nitrogen and oxygen atoms in total. The fraction of sp³-hybridized carbons (Fsp3) is 0.333. The van der Waals surface area contributed by atoms with Gasteiger partial charge in [0.2, 0.25) is 0 Å². The van der Waals surface area contributed by atoms with Crippen molar-refractivity contribution in [1.29, 1.82) is 0 Å². The fourth-order valence-electron chi connectivity index (χ4n) is 2.57. The summed E-state index contributed by atoms with van der Waals surface area (Å²) in [6.07, 6.45) is 0.691. The van der Waals surface area contributed by atoms with E-state index in [1.165, 1.54) is 12.1 Å². The lowest BCUT2D eigenvalue weighted by atomic mass is 10.2. The number of aliphatic hydroxyl groups is 1. The second-order valence-electron chi connectivity index (χ2n) is 5.33. The molecule has 1 aromatic carbocycles. The third-order valence-corrected chi connectivity index (χ3v) is 3.63. The standard InChI is InChI=1S/C15H17N3O4/c19-13-8-18(7-11-4-5-16-17-11)9-14(13)22-12-3-1-2-10(6-12)15(20)21/h1-6,13-14,19H,7-9H2,(H,16,17)(H,20,21)/t13-,14-/m1/s1. The first-order valence-electron chi connectivity index (χ1n) is 7.00. The van der Waals surface area contributed by atoms with E-state index in [-0.39, 0.29) is 11.7 Å². The predicted octanol–water partition coefficient (Wildman–Crippen LogP) is 0.732. The van der Waals surface area contributed by atoms with Gasteiger partial charge in [0.15, 0.2) is 0 Å². The Kier molecular flexibility index (Phi) is 4.08. The molecule has 1 aliphatic heterocycles. The molecule has 1 aromatic heterocycles. The Hall–Kier alpha value is -2.38. The minimum Gasteiger partial charge on any atom is -0.486 e. The number of benzene rings is 1. The molecule has 22 heavy (non-hydrogen) atoms. The number of aromatic nitrogens is 2. The topological polar surface area (TPSA) is 98.7 Å². The zero-order chi connectivity index (χ0) is 15.5. The molecule has 0 spiro atoms. The predicted molar refractivity (Wildman–Crippen MR) is 77.7 cm³/mol. The van der Waals surface area contributed by atoms with E-state index in [1.807, 2.05) is 6.07 Å². The first kappa shape index (κ1) is 14.6. The van der Waals surface area contributed by atoms with E-state index in [1.54, 1.807) is 18.3 Å². The fourth-order valence-corrected chi connectivity index (χ4v) is 2.57. The highest BCUT2D eigenvalue weighted by Gasteiger charge is 2.33. The summed E-state index contributed by atoms with van der Waals surface area (Å²) in [5.74, 6) is -0.550. The van der Waals surface area contributed by atoms with Gasteiger partial charge in [-0.2, -0.15) is 5.10 Å². The maximum absolute atomic E-state index is 11.0. The molecular weight excluding hydrogens is 286 g/mol. The van der Waals surface area contributed by atoms with Crippen LogP contribution in [0.5, 0.6) is 5.75 Å². The number of aromatic carboxylic acids is 1. The zero-order valence-electron chi connectivity index (χ0n) is 11.8. The van der Waals surface area contributed by atoms with Gasteiger partial charge in [0.25, 0.3) is 0 Å². The molecule has 2 atom stereocenters. The number of ether oxygens (including phenoxy) is 1. The van der Waals surface area contributed by atoms with Gasteiger partial charge in [-0.05, 0) is 24.3 Å². The molecule has 0 saturated carbocycles. The molecule has 2 heterocycles. The normalized spacial score (nSPS) is 21.9. The van der Waals surface area contributed by atoms with Crippen LogP contribution in [0.4, 0.5) is 0 Å². The van der Waals surface area contributed by atoms with Crippen molar-refractivity contribution < 1.29 is 19.7 Å². The molecule has 0 radical (unpaired) electrons. The highest BCUT2D eigenvalue weighted by Crippen LogP contribution is 2.21. The van der Waals surface area contributed by atoms with E-state index in [0.29, 0.717) is 25.4 Å². The van der Waals surface area contributed by atoms with Gasteiger partial charge < -0.3 is 14.9 Å². The number of rotatable bonds is 5. The molecule has 116 valence electrons. The van der Waals surface area contributed by atoms with Crippen LogP contribution < -0.4 is 4.74 Å². The number of β-amino-alcohol motifs (C(OH)–C–C–N with tert-alkyl or cyclic N) is 1. The number of nitrogens with one attached hydrogen (secondary N) is 1. The summed E-state index contributed by atoms with van der Waals surface area (Å²) in [5.41, 5.74) is 1.14. The number of carbonyl (C=O) groups is 1. The van der Waals surface area contributed by atoms with Crippen LogP contribution in [0.1, 0.15) is 16.1 Å². The molecule has 0 amide bonds. The average molecular weight is 303 g/mol. The van der Waals surface area contributed by atoms with Crippen molar-refractivity contribution in [1.82, 2.24) is 15.1 Å². The molecule has 2 aromatic rings. The maximum Gasteiger partial charge on any atom is 0.335 e. The van der Waals surface area contributed by atoms with Crippen molar-refractivity contribution in [3.63, 3.8) is 0 Å². The van der Waals surface area contributed by atoms with E-state index in [0.717, 1.165) is 5.69 Å². The minimum absolute atomic E-state index is 0.166. The van der Waals surface area contributed by atoms with Gasteiger partial charge in [-0.1, -0.05) is 6.07 Å². The van der Waals surface area contributed by atoms with E-state index < -0.39 is 12.1 Å². The molecular formula is C15H17N3O4. The zero-order valence-corrected chi connectivity index (χ0v) is 11.8. The number of hydrogen-bond acceptors (Lipinski definition) is 5. The van der Waals surface area contributed by atoms with Crippen LogP contribution in [0.3, 0.4) is 0 Å². The van der Waals surface area contributed by atoms with E-state index in [9.17, 15) is 9.90 Å². The number of aromatic amines is 1. The van der Waals surface area contributed by atoms with E-state index in [2.05, 4.69) is 15.1 Å². The molecule has 0 bridgehead atoms. The first-order valence-corrected chi connectivity index (χ1v) is 7.00. The van der Waals surface area contributed by atoms with Gasteiger partial charge in [-0.3, -0.25) is 10.00 Å². The number of nitrogens with zero attached hydrogens (tertiary/aromatic N) is 2.